The molecule has 1 aromatic rings. The summed E-state index contributed by atoms with van der Waals surface area (Å²) in [5.74, 6) is -1.92. The summed E-state index contributed by atoms with van der Waals surface area (Å²) in [6.45, 7) is 1.84. The van der Waals surface area contributed by atoms with Gasteiger partial charge in [-0.2, -0.15) is 0 Å². The number of rotatable bonds is 6. The Morgan fingerprint density at radius 1 is 1.40 bits per heavy atom. The third-order valence-electron chi connectivity index (χ3n) is 2.32. The molecule has 0 aliphatic heterocycles. The molecule has 10 heteroatoms. The number of nitrogens with one attached hydrogen (secondary N) is 2. The maximum Gasteiger partial charge on any atom is 0.358 e. The van der Waals surface area contributed by atoms with Crippen molar-refractivity contribution in [3.63, 3.8) is 0 Å². The predicted molar refractivity (Wildman–Crippen MR) is 66.7 cm³/mol. The summed E-state index contributed by atoms with van der Waals surface area (Å²) in [6.07, 6.45) is 0.740. The van der Waals surface area contributed by atoms with Crippen molar-refractivity contribution in [1.29, 1.82) is 0 Å². The van der Waals surface area contributed by atoms with Crippen molar-refractivity contribution < 1.29 is 19.5 Å². The molecule has 20 heavy (non-hydrogen) atoms. The number of carboxylic acid groups (broad SMARTS) is 1. The van der Waals surface area contributed by atoms with Crippen molar-refractivity contribution >= 4 is 17.9 Å². The molecule has 0 aromatic carbocycles. The van der Waals surface area contributed by atoms with Crippen molar-refractivity contribution in [3.05, 3.63) is 11.4 Å². The first-order valence-corrected chi connectivity index (χ1v) is 5.93. The van der Waals surface area contributed by atoms with Crippen LogP contribution in [0.25, 0.3) is 0 Å². The minimum atomic E-state index is -1.28. The molecular weight excluding hydrogens is 268 g/mol. The normalized spacial score (nSPS) is 10.1. The van der Waals surface area contributed by atoms with Gasteiger partial charge in [0.05, 0.1) is 5.69 Å². The molecule has 5 N–H and O–H groups in total. The summed E-state index contributed by atoms with van der Waals surface area (Å²) in [6, 6.07) is -0.621. The minimum Gasteiger partial charge on any atom is -0.476 e. The van der Waals surface area contributed by atoms with Crippen molar-refractivity contribution in [3.8, 4) is 0 Å². The van der Waals surface area contributed by atoms with E-state index in [-0.39, 0.29) is 24.5 Å². The van der Waals surface area contributed by atoms with E-state index in [0.29, 0.717) is 6.54 Å². The fraction of sp³-hybridized carbons (Fsp3) is 0.500. The van der Waals surface area contributed by atoms with E-state index >= 15 is 0 Å². The van der Waals surface area contributed by atoms with Gasteiger partial charge in [-0.1, -0.05) is 12.1 Å². The van der Waals surface area contributed by atoms with Gasteiger partial charge in [-0.3, -0.25) is 10.1 Å². The van der Waals surface area contributed by atoms with Gasteiger partial charge < -0.3 is 16.2 Å². The Kier molecular flexibility index (Phi) is 5.59. The number of urea groups is 1. The molecule has 1 rings (SSSR count). The monoisotopic (exact) mass is 284 g/mol. The Hall–Kier alpha value is -2.49. The fourth-order valence-corrected chi connectivity index (χ4v) is 1.41. The maximum atomic E-state index is 11.6. The summed E-state index contributed by atoms with van der Waals surface area (Å²) < 4.78 is 1.05. The van der Waals surface area contributed by atoms with Gasteiger partial charge >= 0.3 is 12.0 Å². The molecule has 0 spiro atoms. The van der Waals surface area contributed by atoms with Gasteiger partial charge in [0.25, 0.3) is 0 Å². The average Bonchev–Trinajstić information content (AvgIpc) is 2.78. The number of hydrogen-bond donors (Lipinski definition) is 4. The summed E-state index contributed by atoms with van der Waals surface area (Å²) in [7, 11) is 0. The number of carbonyl (C=O) groups is 3. The highest BCUT2D eigenvalue weighted by Crippen LogP contribution is 2.04. The lowest BCUT2D eigenvalue weighted by molar-refractivity contribution is -0.120. The van der Waals surface area contributed by atoms with Crippen LogP contribution in [0.3, 0.4) is 0 Å². The average molecular weight is 284 g/mol. The molecule has 0 unspecified atom stereocenters. The number of hydrogen-bond acceptors (Lipinski definition) is 6. The molecule has 0 bridgehead atoms. The number of aromatic carboxylic acids is 1. The quantitative estimate of drug-likeness (QED) is 0.505. The Morgan fingerprint density at radius 3 is 2.65 bits per heavy atom. The van der Waals surface area contributed by atoms with Crippen molar-refractivity contribution in [1.82, 2.24) is 25.6 Å². The highest BCUT2D eigenvalue weighted by molar-refractivity contribution is 5.94. The topological polar surface area (TPSA) is 152 Å². The Labute approximate surface area is 114 Å². The molecule has 1 heterocycles. The van der Waals surface area contributed by atoms with Crippen LogP contribution in [0.5, 0.6) is 0 Å². The van der Waals surface area contributed by atoms with Crippen LogP contribution in [0.4, 0.5) is 4.79 Å². The molecule has 3 amide bonds. The molecule has 0 fully saturated rings. The van der Waals surface area contributed by atoms with E-state index in [2.05, 4.69) is 20.9 Å². The van der Waals surface area contributed by atoms with E-state index < -0.39 is 17.9 Å². The van der Waals surface area contributed by atoms with Gasteiger partial charge in [0.15, 0.2) is 5.69 Å². The highest BCUT2D eigenvalue weighted by atomic mass is 16.4. The van der Waals surface area contributed by atoms with Crippen molar-refractivity contribution in [2.45, 2.75) is 26.4 Å². The van der Waals surface area contributed by atoms with Crippen LogP contribution < -0.4 is 16.4 Å². The molecule has 0 atom stereocenters. The van der Waals surface area contributed by atoms with Gasteiger partial charge in [-0.25, -0.2) is 14.3 Å². The van der Waals surface area contributed by atoms with Crippen LogP contribution in [0.1, 0.15) is 29.5 Å². The van der Waals surface area contributed by atoms with E-state index in [9.17, 15) is 14.4 Å². The van der Waals surface area contributed by atoms with E-state index in [1.807, 2.05) is 6.92 Å². The first kappa shape index (κ1) is 15.6. The number of nitrogens with zero attached hydrogens (tertiary/aromatic N) is 3. The summed E-state index contributed by atoms with van der Waals surface area (Å²) in [5.41, 5.74) is 5.20. The predicted octanol–water partition coefficient (Wildman–Crippen LogP) is -1.33. The van der Waals surface area contributed by atoms with E-state index in [1.54, 1.807) is 0 Å². The van der Waals surface area contributed by atoms with Gasteiger partial charge in [0.2, 0.25) is 5.91 Å². The molecule has 110 valence electrons. The van der Waals surface area contributed by atoms with Crippen LogP contribution >= 0.6 is 0 Å². The summed E-state index contributed by atoms with van der Waals surface area (Å²) >= 11 is 0. The highest BCUT2D eigenvalue weighted by Gasteiger charge is 2.19. The maximum absolute atomic E-state index is 11.6. The Balaban J connectivity index is 2.66. The van der Waals surface area contributed by atoms with E-state index in [0.717, 1.165) is 11.1 Å². The lowest BCUT2D eigenvalue weighted by Gasteiger charge is -2.07. The second-order valence-corrected chi connectivity index (χ2v) is 3.86. The Bertz CT molecular complexity index is 512. The Morgan fingerprint density at radius 2 is 2.10 bits per heavy atom. The first-order valence-electron chi connectivity index (χ1n) is 5.93. The van der Waals surface area contributed by atoms with Crippen LogP contribution in [0, 0.1) is 0 Å². The third-order valence-corrected chi connectivity index (χ3v) is 2.32. The zero-order valence-electron chi connectivity index (χ0n) is 10.9. The number of carboxylic acids is 1. The molecule has 0 aliphatic rings. The first-order chi connectivity index (χ1) is 9.49. The molecule has 0 aliphatic carbocycles. The van der Waals surface area contributed by atoms with Crippen molar-refractivity contribution in [2.75, 3.05) is 6.54 Å². The van der Waals surface area contributed by atoms with Gasteiger partial charge in [0.1, 0.15) is 6.54 Å². The number of amides is 3. The standard InChI is InChI=1S/C10H16N6O4/c1-2-3-12-10(20)13-7(17)5-16-6(4-11)8(9(18)19)14-15-16/h2-5,11H2,1H3,(H,18,19)(H2,12,13,17,20). The molecule has 0 radical (unpaired) electrons. The summed E-state index contributed by atoms with van der Waals surface area (Å²) in [5, 5.41) is 20.4. The summed E-state index contributed by atoms with van der Waals surface area (Å²) in [4.78, 5) is 33.7. The van der Waals surface area contributed by atoms with Gasteiger partial charge in [-0.05, 0) is 6.42 Å². The molecule has 10 nitrogen and oxygen atoms in total. The fourth-order valence-electron chi connectivity index (χ4n) is 1.41. The minimum absolute atomic E-state index is 0.113. The van der Waals surface area contributed by atoms with Crippen LogP contribution in [0.15, 0.2) is 0 Å². The number of nitrogens with two attached hydrogens (primary N) is 1. The lowest BCUT2D eigenvalue weighted by atomic mass is 10.3. The van der Waals surface area contributed by atoms with Crippen LogP contribution in [-0.2, 0) is 17.9 Å². The van der Waals surface area contributed by atoms with Gasteiger partial charge in [0, 0.05) is 13.1 Å². The molecule has 1 aromatic heterocycles. The number of carbonyl (C=O) groups excluding carboxylic acids is 2. The third kappa shape index (κ3) is 4.02. The molecule has 0 saturated carbocycles. The van der Waals surface area contributed by atoms with E-state index in [4.69, 9.17) is 10.8 Å². The van der Waals surface area contributed by atoms with Gasteiger partial charge in [-0.15, -0.1) is 5.10 Å². The zero-order chi connectivity index (χ0) is 15.1. The number of aromatic nitrogens is 3. The number of imide groups is 1. The van der Waals surface area contributed by atoms with Crippen LogP contribution in [-0.4, -0.2) is 44.6 Å². The molecular formula is C10H16N6O4. The van der Waals surface area contributed by atoms with E-state index in [1.165, 1.54) is 0 Å². The van der Waals surface area contributed by atoms with Crippen molar-refractivity contribution in [2.24, 2.45) is 5.73 Å². The smallest absolute Gasteiger partial charge is 0.358 e. The van der Waals surface area contributed by atoms with Crippen LogP contribution in [0.2, 0.25) is 0 Å². The molecule has 0 saturated heterocycles. The second kappa shape index (κ2) is 7.19. The lowest BCUT2D eigenvalue weighted by Crippen LogP contribution is -2.41. The SMILES string of the molecule is CCCNC(=O)NC(=O)Cn1nnc(C(=O)O)c1CN. The largest absolute Gasteiger partial charge is 0.476 e. The second-order valence-electron chi connectivity index (χ2n) is 3.86. The zero-order valence-corrected chi connectivity index (χ0v) is 10.9.